The average Bonchev–Trinajstić information content (AvgIpc) is 2.82. The van der Waals surface area contributed by atoms with Crippen LogP contribution < -0.4 is 5.32 Å². The zero-order valence-corrected chi connectivity index (χ0v) is 17.5. The zero-order valence-electron chi connectivity index (χ0n) is 21.5. The summed E-state index contributed by atoms with van der Waals surface area (Å²) in [5.74, 6) is -4.41. The van der Waals surface area contributed by atoms with Crippen molar-refractivity contribution in [2.24, 2.45) is 0 Å². The summed E-state index contributed by atoms with van der Waals surface area (Å²) in [7, 11) is 0. The lowest BCUT2D eigenvalue weighted by Crippen LogP contribution is -2.62. The number of ether oxygens (including phenoxy) is 5. The van der Waals surface area contributed by atoms with Gasteiger partial charge < -0.3 is 29.0 Å². The van der Waals surface area contributed by atoms with Gasteiger partial charge >= 0.3 is 23.9 Å². The van der Waals surface area contributed by atoms with Crippen LogP contribution in [-0.2, 0) is 47.7 Å². The first-order valence-electron chi connectivity index (χ1n) is 12.2. The Labute approximate surface area is 186 Å². The molecule has 0 saturated carbocycles. The van der Waals surface area contributed by atoms with E-state index >= 15 is 0 Å². The molecule has 1 heterocycles. The van der Waals surface area contributed by atoms with Crippen LogP contribution in [0.25, 0.3) is 0 Å². The van der Waals surface area contributed by atoms with Gasteiger partial charge in [-0.3, -0.25) is 24.0 Å². The van der Waals surface area contributed by atoms with E-state index in [1.165, 1.54) is 0 Å². The average molecular weight is 449 g/mol. The highest BCUT2D eigenvalue weighted by Gasteiger charge is 2.51. The van der Waals surface area contributed by atoms with Gasteiger partial charge in [-0.05, 0) is 20.3 Å². The van der Waals surface area contributed by atoms with Crippen molar-refractivity contribution >= 4 is 29.8 Å². The Hall–Kier alpha value is -2.69. The quantitative estimate of drug-likeness (QED) is 0.388. The molecule has 5 atom stereocenters. The van der Waals surface area contributed by atoms with Gasteiger partial charge in [0.25, 0.3) is 0 Å². The van der Waals surface area contributed by atoms with Crippen molar-refractivity contribution in [2.75, 3.05) is 6.61 Å². The molecule has 1 rings (SSSR count). The molecule has 1 amide bonds. The number of amides is 1. The molecular weight excluding hydrogens is 414 g/mol. The highest BCUT2D eigenvalue weighted by molar-refractivity contribution is 5.76. The van der Waals surface area contributed by atoms with Gasteiger partial charge in [-0.25, -0.2) is 0 Å². The fourth-order valence-corrected chi connectivity index (χ4v) is 3.07. The SMILES string of the molecule is [2H]CC(=O)OC[C@H]1OC(CCC(=O)NC(C)C)[C@H](OC(=O)C[2H])[C@@H](OC(=O)C[2H])[C@@H]1OC(=O)C[2H]. The van der Waals surface area contributed by atoms with E-state index in [-0.39, 0.29) is 24.8 Å². The third kappa shape index (κ3) is 9.33. The summed E-state index contributed by atoms with van der Waals surface area (Å²) < 4.78 is 55.3. The molecule has 0 aromatic heterocycles. The summed E-state index contributed by atoms with van der Waals surface area (Å²) in [6, 6.07) is -0.150. The van der Waals surface area contributed by atoms with Crippen LogP contribution in [0.5, 0.6) is 0 Å². The summed E-state index contributed by atoms with van der Waals surface area (Å²) >= 11 is 0. The minimum Gasteiger partial charge on any atom is -0.463 e. The molecule has 11 heteroatoms. The van der Waals surface area contributed by atoms with Crippen molar-refractivity contribution in [1.82, 2.24) is 5.32 Å². The van der Waals surface area contributed by atoms with Gasteiger partial charge in [0, 0.05) is 45.5 Å². The third-order valence-electron chi connectivity index (χ3n) is 4.05. The molecule has 176 valence electrons. The van der Waals surface area contributed by atoms with Gasteiger partial charge in [-0.1, -0.05) is 0 Å². The topological polar surface area (TPSA) is 144 Å². The maximum Gasteiger partial charge on any atom is 0.303 e. The molecule has 0 aromatic carbocycles. The highest BCUT2D eigenvalue weighted by Crippen LogP contribution is 2.31. The lowest BCUT2D eigenvalue weighted by Gasteiger charge is -2.44. The fourth-order valence-electron chi connectivity index (χ4n) is 3.07. The molecular formula is C20H31NO10. The van der Waals surface area contributed by atoms with Crippen molar-refractivity contribution in [1.29, 1.82) is 0 Å². The van der Waals surface area contributed by atoms with Gasteiger partial charge in [0.2, 0.25) is 5.91 Å². The summed E-state index contributed by atoms with van der Waals surface area (Å²) in [6.07, 6.45) is -7.09. The van der Waals surface area contributed by atoms with E-state index in [9.17, 15) is 24.0 Å². The Kier molecular flexibility index (Phi) is 7.98. The largest absolute Gasteiger partial charge is 0.463 e. The Balaban J connectivity index is 3.36. The van der Waals surface area contributed by atoms with E-state index in [0.717, 1.165) is 0 Å². The Morgan fingerprint density at radius 3 is 1.87 bits per heavy atom. The molecule has 1 fully saturated rings. The first-order chi connectivity index (χ1) is 16.6. The van der Waals surface area contributed by atoms with Crippen molar-refractivity contribution in [3.05, 3.63) is 0 Å². The standard InChI is InChI=1S/C20H31NO10/c1-10(2)21-17(26)8-7-15-18(28-12(4)23)20(30-14(6)25)19(29-13(5)24)16(31-15)9-27-11(3)22/h10,15-16,18-20H,7-9H2,1-6H3,(H,21,26)/t15?,16-,18+,19-,20-/m1/s1/i3D,4D,5D,6D. The second-order valence-electron chi connectivity index (χ2n) is 7.02. The summed E-state index contributed by atoms with van der Waals surface area (Å²) in [5, 5.41) is 2.68. The molecule has 1 aliphatic rings. The van der Waals surface area contributed by atoms with Crippen LogP contribution in [0.1, 0.15) is 59.8 Å². The van der Waals surface area contributed by atoms with Crippen LogP contribution in [0.15, 0.2) is 0 Å². The number of nitrogens with one attached hydrogen (secondary N) is 1. The van der Waals surface area contributed by atoms with Crippen LogP contribution in [0.4, 0.5) is 0 Å². The van der Waals surface area contributed by atoms with Crippen LogP contribution in [0, 0.1) is 0 Å². The van der Waals surface area contributed by atoms with Gasteiger partial charge in [0.05, 0.1) is 6.10 Å². The Bertz CT molecular complexity index is 753. The molecule has 0 bridgehead atoms. The first kappa shape index (κ1) is 20.2. The third-order valence-corrected chi connectivity index (χ3v) is 4.05. The fraction of sp³-hybridized carbons (Fsp3) is 0.750. The zero-order chi connectivity index (χ0) is 26.5. The molecule has 1 saturated heterocycles. The van der Waals surface area contributed by atoms with Gasteiger partial charge in [0.1, 0.15) is 12.7 Å². The van der Waals surface area contributed by atoms with Crippen molar-refractivity contribution in [2.45, 2.75) is 90.8 Å². The number of carbonyl (C=O) groups excluding carboxylic acids is 5. The highest BCUT2D eigenvalue weighted by atomic mass is 16.7. The maximum absolute atomic E-state index is 12.2. The van der Waals surface area contributed by atoms with Crippen LogP contribution in [0.2, 0.25) is 0 Å². The van der Waals surface area contributed by atoms with E-state index < -0.39 is 88.6 Å². The predicted molar refractivity (Wildman–Crippen MR) is 104 cm³/mol. The smallest absolute Gasteiger partial charge is 0.303 e. The number of hydrogen-bond donors (Lipinski definition) is 1. The van der Waals surface area contributed by atoms with Crippen molar-refractivity contribution in [3.8, 4) is 0 Å². The van der Waals surface area contributed by atoms with Crippen LogP contribution in [0.3, 0.4) is 0 Å². The van der Waals surface area contributed by atoms with E-state index in [4.69, 9.17) is 29.2 Å². The summed E-state index contributed by atoms with van der Waals surface area (Å²) in [4.78, 5) is 59.6. The molecule has 0 aromatic rings. The molecule has 1 aliphatic heterocycles. The molecule has 31 heavy (non-hydrogen) atoms. The minimum absolute atomic E-state index is 0.0641. The number of esters is 4. The second-order valence-corrected chi connectivity index (χ2v) is 7.02. The summed E-state index contributed by atoms with van der Waals surface area (Å²) in [6.45, 7) is -0.170. The van der Waals surface area contributed by atoms with Gasteiger partial charge in [-0.15, -0.1) is 0 Å². The van der Waals surface area contributed by atoms with E-state index in [1.54, 1.807) is 13.8 Å². The Morgan fingerprint density at radius 2 is 1.35 bits per heavy atom. The number of carbonyl (C=O) groups is 5. The number of hydrogen-bond acceptors (Lipinski definition) is 10. The molecule has 11 nitrogen and oxygen atoms in total. The molecule has 1 N–H and O–H groups in total. The van der Waals surface area contributed by atoms with E-state index in [0.29, 0.717) is 0 Å². The lowest BCUT2D eigenvalue weighted by atomic mass is 9.91. The molecule has 0 aliphatic carbocycles. The van der Waals surface area contributed by atoms with E-state index in [2.05, 4.69) is 5.32 Å². The maximum atomic E-state index is 12.2. The summed E-state index contributed by atoms with van der Waals surface area (Å²) in [5.41, 5.74) is 0. The predicted octanol–water partition coefficient (Wildman–Crippen LogP) is 0.417. The van der Waals surface area contributed by atoms with Gasteiger partial charge in [0.15, 0.2) is 18.3 Å². The first-order valence-corrected chi connectivity index (χ1v) is 9.42. The second kappa shape index (κ2) is 12.2. The monoisotopic (exact) mass is 449 g/mol. The van der Waals surface area contributed by atoms with Crippen molar-refractivity contribution in [3.63, 3.8) is 0 Å². The van der Waals surface area contributed by atoms with Crippen LogP contribution >= 0.6 is 0 Å². The molecule has 1 unspecified atom stereocenters. The lowest BCUT2D eigenvalue weighted by molar-refractivity contribution is -0.253. The number of rotatable bonds is 9. The van der Waals surface area contributed by atoms with Crippen molar-refractivity contribution < 1.29 is 53.1 Å². The normalized spacial score (nSPS) is 27.0. The van der Waals surface area contributed by atoms with Gasteiger partial charge in [-0.2, -0.15) is 0 Å². The molecule has 0 radical (unpaired) electrons. The van der Waals surface area contributed by atoms with E-state index in [1.807, 2.05) is 0 Å². The minimum atomic E-state index is -1.55. The van der Waals surface area contributed by atoms with Crippen LogP contribution in [-0.4, -0.2) is 73.0 Å². The molecule has 0 spiro atoms. The Morgan fingerprint density at radius 1 is 0.839 bits per heavy atom.